The summed E-state index contributed by atoms with van der Waals surface area (Å²) < 4.78 is 17.6. The highest BCUT2D eigenvalue weighted by Crippen LogP contribution is 2.29. The maximum atomic E-state index is 12.7. The maximum Gasteiger partial charge on any atom is 0.306 e. The lowest BCUT2D eigenvalue weighted by molar-refractivity contribution is -0.150. The summed E-state index contributed by atoms with van der Waals surface area (Å²) in [5.74, 6) is 0.0290. The van der Waals surface area contributed by atoms with Crippen molar-refractivity contribution >= 4 is 5.97 Å². The van der Waals surface area contributed by atoms with Gasteiger partial charge in [0, 0.05) is 19.6 Å². The van der Waals surface area contributed by atoms with Gasteiger partial charge in [0.15, 0.2) is 6.29 Å². The smallest absolute Gasteiger partial charge is 0.306 e. The first kappa shape index (κ1) is 48.3. The zero-order chi connectivity index (χ0) is 36.9. The number of esters is 1. The summed E-state index contributed by atoms with van der Waals surface area (Å²) in [7, 11) is 0. The van der Waals surface area contributed by atoms with Crippen LogP contribution in [0.15, 0.2) is 0 Å². The number of epoxide rings is 1. The number of aliphatic hydroxyl groups excluding tert-OH is 1. The molecule has 0 aliphatic carbocycles. The molecule has 51 heavy (non-hydrogen) atoms. The second-order valence-electron chi connectivity index (χ2n) is 15.9. The van der Waals surface area contributed by atoms with Crippen molar-refractivity contribution in [3.8, 4) is 0 Å². The summed E-state index contributed by atoms with van der Waals surface area (Å²) in [4.78, 5) is 15.1. The molecule has 0 aromatic heterocycles. The first-order valence-electron chi connectivity index (χ1n) is 22.9. The van der Waals surface area contributed by atoms with E-state index in [2.05, 4.69) is 25.7 Å². The Balaban J connectivity index is 2.03. The predicted octanol–water partition coefficient (Wildman–Crippen LogP) is 12.9. The largest absolute Gasteiger partial charge is 0.462 e. The van der Waals surface area contributed by atoms with Crippen LogP contribution in [0.5, 0.6) is 0 Å². The highest BCUT2D eigenvalue weighted by molar-refractivity contribution is 5.69. The van der Waals surface area contributed by atoms with Crippen LogP contribution in [-0.4, -0.2) is 67.3 Å². The minimum absolute atomic E-state index is 0.0290. The number of carbonyl (C=O) groups is 1. The number of nitrogens with zero attached hydrogens (tertiary/aromatic N) is 1. The number of aliphatic hydroxyl groups is 1. The van der Waals surface area contributed by atoms with Crippen molar-refractivity contribution in [2.45, 2.75) is 251 Å². The van der Waals surface area contributed by atoms with E-state index in [1.54, 1.807) is 0 Å². The van der Waals surface area contributed by atoms with E-state index in [4.69, 9.17) is 14.2 Å². The zero-order valence-corrected chi connectivity index (χ0v) is 34.6. The van der Waals surface area contributed by atoms with Crippen LogP contribution < -0.4 is 0 Å². The quantitative estimate of drug-likeness (QED) is 0.0384. The molecule has 0 radical (unpaired) electrons. The molecule has 0 aromatic carbocycles. The Bertz CT molecular complexity index is 705. The molecule has 1 N–H and O–H groups in total. The number of ether oxygens (including phenoxy) is 3. The van der Waals surface area contributed by atoms with Crippen LogP contribution in [0.3, 0.4) is 0 Å². The molecule has 1 aliphatic heterocycles. The van der Waals surface area contributed by atoms with Gasteiger partial charge in [0.05, 0.1) is 6.61 Å². The summed E-state index contributed by atoms with van der Waals surface area (Å²) in [6.45, 7) is 10.9. The summed E-state index contributed by atoms with van der Waals surface area (Å²) >= 11 is 0. The van der Waals surface area contributed by atoms with Gasteiger partial charge in [0.25, 0.3) is 0 Å². The molecule has 2 unspecified atom stereocenters. The summed E-state index contributed by atoms with van der Waals surface area (Å²) in [6.07, 6.45) is 41.0. The van der Waals surface area contributed by atoms with Crippen molar-refractivity contribution in [1.29, 1.82) is 0 Å². The monoisotopic (exact) mass is 724 g/mol. The van der Waals surface area contributed by atoms with Crippen molar-refractivity contribution in [2.75, 3.05) is 32.8 Å². The van der Waals surface area contributed by atoms with Gasteiger partial charge in [-0.25, -0.2) is 0 Å². The van der Waals surface area contributed by atoms with Crippen LogP contribution in [0, 0.1) is 0 Å². The van der Waals surface area contributed by atoms with Gasteiger partial charge in [-0.15, -0.1) is 0 Å². The third kappa shape index (κ3) is 32.5. The van der Waals surface area contributed by atoms with Crippen molar-refractivity contribution in [2.24, 2.45) is 0 Å². The second-order valence-corrected chi connectivity index (χ2v) is 15.9. The van der Waals surface area contributed by atoms with Crippen LogP contribution in [0.1, 0.15) is 233 Å². The first-order valence-corrected chi connectivity index (χ1v) is 22.9. The molecule has 0 bridgehead atoms. The minimum atomic E-state index is 0.0290. The van der Waals surface area contributed by atoms with E-state index in [1.165, 1.54) is 173 Å². The van der Waals surface area contributed by atoms with Crippen LogP contribution in [0.25, 0.3) is 0 Å². The average Bonchev–Trinajstić information content (AvgIpc) is 3.88. The van der Waals surface area contributed by atoms with E-state index in [9.17, 15) is 9.90 Å². The van der Waals surface area contributed by atoms with Gasteiger partial charge in [-0.1, -0.05) is 168 Å². The lowest BCUT2D eigenvalue weighted by atomic mass is 10.0. The van der Waals surface area contributed by atoms with Crippen LogP contribution >= 0.6 is 0 Å². The van der Waals surface area contributed by atoms with Gasteiger partial charge < -0.3 is 24.2 Å². The Morgan fingerprint density at radius 2 is 1.02 bits per heavy atom. The molecule has 2 atom stereocenters. The molecule has 0 aromatic rings. The molecule has 1 rings (SSSR count). The molecule has 0 saturated carbocycles. The fraction of sp³-hybridized carbons (Fsp3) is 0.978. The zero-order valence-electron chi connectivity index (χ0n) is 34.6. The Morgan fingerprint density at radius 3 is 1.55 bits per heavy atom. The normalized spacial score (nSPS) is 15.7. The van der Waals surface area contributed by atoms with Crippen LogP contribution in [-0.2, 0) is 19.0 Å². The van der Waals surface area contributed by atoms with Crippen molar-refractivity contribution in [3.63, 3.8) is 0 Å². The van der Waals surface area contributed by atoms with E-state index in [1.807, 2.05) is 0 Å². The topological polar surface area (TPSA) is 71.5 Å². The third-order valence-electron chi connectivity index (χ3n) is 10.9. The summed E-state index contributed by atoms with van der Waals surface area (Å²) in [5.41, 5.74) is 0. The molecular weight excluding hydrogens is 634 g/mol. The van der Waals surface area contributed by atoms with Gasteiger partial charge in [0.2, 0.25) is 0 Å². The fourth-order valence-corrected chi connectivity index (χ4v) is 7.37. The molecule has 1 heterocycles. The molecule has 0 spiro atoms. The lowest BCUT2D eigenvalue weighted by Gasteiger charge is -2.21. The highest BCUT2D eigenvalue weighted by atomic mass is 16.8. The highest BCUT2D eigenvalue weighted by Gasteiger charge is 2.38. The Labute approximate surface area is 318 Å². The molecule has 6 heteroatoms. The van der Waals surface area contributed by atoms with Gasteiger partial charge in [0.1, 0.15) is 12.2 Å². The molecule has 6 nitrogen and oxygen atoms in total. The molecule has 0 amide bonds. The van der Waals surface area contributed by atoms with Gasteiger partial charge in [-0.3, -0.25) is 4.79 Å². The number of hydrogen-bond donors (Lipinski definition) is 1. The van der Waals surface area contributed by atoms with Crippen molar-refractivity contribution in [1.82, 2.24) is 4.90 Å². The SMILES string of the molecule is CCCCCCCCC(CCCCCCCC)OC(=O)CCCCCCCN(CCO)CCCCCCCCCC1OC1OCCCCCCC. The average molecular weight is 724 g/mol. The molecule has 1 aliphatic rings. The Hall–Kier alpha value is -0.690. The number of unbranched alkanes of at least 4 members (excludes halogenated alkanes) is 24. The fourth-order valence-electron chi connectivity index (χ4n) is 7.37. The van der Waals surface area contributed by atoms with E-state index in [-0.39, 0.29) is 25.0 Å². The first-order chi connectivity index (χ1) is 25.1. The molecule has 304 valence electrons. The summed E-state index contributed by atoms with van der Waals surface area (Å²) in [5, 5.41) is 9.57. The predicted molar refractivity (Wildman–Crippen MR) is 217 cm³/mol. The standard InChI is InChI=1S/C45H89NO5/c1-4-7-10-13-19-26-33-42(34-27-20-14-11-8-5-2)50-44(48)36-29-22-18-24-31-38-46(39-40-47)37-30-23-17-15-16-21-28-35-43-45(51-43)49-41-32-25-12-9-6-3/h42-43,45,47H,4-41H2,1-3H3. The van der Waals surface area contributed by atoms with Crippen molar-refractivity contribution < 1.29 is 24.1 Å². The summed E-state index contributed by atoms with van der Waals surface area (Å²) in [6, 6.07) is 0. The Morgan fingerprint density at radius 1 is 0.569 bits per heavy atom. The maximum absolute atomic E-state index is 12.7. The van der Waals surface area contributed by atoms with Crippen molar-refractivity contribution in [3.05, 3.63) is 0 Å². The molecule has 1 fully saturated rings. The van der Waals surface area contributed by atoms with E-state index >= 15 is 0 Å². The number of carbonyl (C=O) groups excluding carboxylic acids is 1. The minimum Gasteiger partial charge on any atom is -0.462 e. The van der Waals surface area contributed by atoms with Gasteiger partial charge in [-0.2, -0.15) is 0 Å². The second kappa shape index (κ2) is 37.6. The van der Waals surface area contributed by atoms with E-state index in [0.717, 1.165) is 58.3 Å². The number of hydrogen-bond acceptors (Lipinski definition) is 6. The molecule has 1 saturated heterocycles. The van der Waals surface area contributed by atoms with Gasteiger partial charge in [-0.05, 0) is 70.9 Å². The number of rotatable bonds is 42. The Kier molecular flexibility index (Phi) is 35.6. The lowest BCUT2D eigenvalue weighted by Crippen LogP contribution is -2.29. The van der Waals surface area contributed by atoms with Crippen LogP contribution in [0.4, 0.5) is 0 Å². The van der Waals surface area contributed by atoms with Crippen LogP contribution in [0.2, 0.25) is 0 Å². The van der Waals surface area contributed by atoms with Gasteiger partial charge >= 0.3 is 5.97 Å². The van der Waals surface area contributed by atoms with E-state index in [0.29, 0.717) is 12.5 Å². The van der Waals surface area contributed by atoms with E-state index < -0.39 is 0 Å². The third-order valence-corrected chi connectivity index (χ3v) is 10.9. The molecular formula is C45H89NO5.